The molecule has 0 spiro atoms. The van der Waals surface area contributed by atoms with Crippen molar-refractivity contribution in [3.8, 4) is 28.8 Å². The molecule has 0 aliphatic heterocycles. The van der Waals surface area contributed by atoms with Crippen LogP contribution in [0.3, 0.4) is 0 Å². The van der Waals surface area contributed by atoms with Crippen molar-refractivity contribution in [2.75, 3.05) is 0 Å². The lowest BCUT2D eigenvalue weighted by atomic mass is 10.1. The monoisotopic (exact) mass is 475 g/mol. The summed E-state index contributed by atoms with van der Waals surface area (Å²) in [4.78, 5) is 18.3. The number of nitriles is 1. The molecule has 0 amide bonds. The number of ether oxygens (including phenoxy) is 1. The lowest BCUT2D eigenvalue weighted by Crippen LogP contribution is -2.19. The van der Waals surface area contributed by atoms with Crippen LogP contribution in [0.2, 0.25) is 0 Å². The Balaban J connectivity index is 1.55. The molecule has 5 rings (SSSR count). The molecule has 0 saturated carbocycles. The van der Waals surface area contributed by atoms with Gasteiger partial charge in [0, 0.05) is 11.9 Å². The maximum Gasteiger partial charge on any atom is 0.267 e. The molecular formula is C29H25N5O2. The van der Waals surface area contributed by atoms with Crippen LogP contribution in [0.4, 0.5) is 0 Å². The van der Waals surface area contributed by atoms with Crippen molar-refractivity contribution in [1.82, 2.24) is 19.2 Å². The first-order valence-electron chi connectivity index (χ1n) is 11.6. The molecule has 0 bridgehead atoms. The van der Waals surface area contributed by atoms with Gasteiger partial charge < -0.3 is 4.74 Å². The van der Waals surface area contributed by atoms with Crippen molar-refractivity contribution in [3.05, 3.63) is 111 Å². The molecule has 178 valence electrons. The van der Waals surface area contributed by atoms with E-state index in [1.807, 2.05) is 42.8 Å². The molecule has 0 N–H and O–H groups in total. The summed E-state index contributed by atoms with van der Waals surface area (Å²) in [5.74, 6) is 0.489. The van der Waals surface area contributed by atoms with Crippen LogP contribution in [-0.2, 0) is 6.61 Å². The largest absolute Gasteiger partial charge is 0.485 e. The Bertz CT molecular complexity index is 1720. The lowest BCUT2D eigenvalue weighted by Gasteiger charge is -2.12. The van der Waals surface area contributed by atoms with E-state index in [0.717, 1.165) is 22.5 Å². The summed E-state index contributed by atoms with van der Waals surface area (Å²) < 4.78 is 9.38. The smallest absolute Gasteiger partial charge is 0.267 e. The fourth-order valence-corrected chi connectivity index (χ4v) is 4.43. The highest BCUT2D eigenvalue weighted by Gasteiger charge is 2.19. The third-order valence-electron chi connectivity index (χ3n) is 6.17. The second-order valence-corrected chi connectivity index (χ2v) is 8.92. The van der Waals surface area contributed by atoms with Gasteiger partial charge in [0.05, 0.1) is 28.6 Å². The van der Waals surface area contributed by atoms with E-state index in [1.165, 1.54) is 9.96 Å². The van der Waals surface area contributed by atoms with Gasteiger partial charge in [0.15, 0.2) is 11.4 Å². The number of pyridine rings is 1. The van der Waals surface area contributed by atoms with E-state index in [0.29, 0.717) is 33.9 Å². The SMILES string of the molecule is Cc1ccc(-n2nc(-c3c(C)nc4c(OCc5cccc(C#N)c5)cccn4c3=O)cc2C)c(C)c1. The molecule has 2 aromatic carbocycles. The molecular weight excluding hydrogens is 450 g/mol. The molecule has 0 radical (unpaired) electrons. The quantitative estimate of drug-likeness (QED) is 0.347. The second kappa shape index (κ2) is 9.16. The van der Waals surface area contributed by atoms with Crippen molar-refractivity contribution in [1.29, 1.82) is 5.26 Å². The van der Waals surface area contributed by atoms with Crippen LogP contribution in [0.15, 0.2) is 71.7 Å². The van der Waals surface area contributed by atoms with Gasteiger partial charge in [-0.1, -0.05) is 29.8 Å². The number of hydrogen-bond acceptors (Lipinski definition) is 5. The molecule has 36 heavy (non-hydrogen) atoms. The third kappa shape index (κ3) is 4.14. The van der Waals surface area contributed by atoms with Crippen molar-refractivity contribution in [2.45, 2.75) is 34.3 Å². The Morgan fingerprint density at radius 3 is 2.61 bits per heavy atom. The summed E-state index contributed by atoms with van der Waals surface area (Å²) in [7, 11) is 0. The van der Waals surface area contributed by atoms with Crippen LogP contribution in [0.25, 0.3) is 22.6 Å². The number of aromatic nitrogens is 4. The minimum atomic E-state index is -0.209. The first-order chi connectivity index (χ1) is 17.4. The average Bonchev–Trinajstić information content (AvgIpc) is 3.23. The number of rotatable bonds is 5. The molecule has 0 unspecified atom stereocenters. The number of aryl methyl sites for hydroxylation is 4. The van der Waals surface area contributed by atoms with E-state index in [1.54, 1.807) is 30.5 Å². The van der Waals surface area contributed by atoms with Crippen molar-refractivity contribution in [2.24, 2.45) is 0 Å². The van der Waals surface area contributed by atoms with Gasteiger partial charge >= 0.3 is 0 Å². The molecule has 7 heteroatoms. The predicted octanol–water partition coefficient (Wildman–Crippen LogP) is 5.23. The minimum Gasteiger partial charge on any atom is -0.485 e. The van der Waals surface area contributed by atoms with Crippen LogP contribution in [0.5, 0.6) is 5.75 Å². The molecule has 0 saturated heterocycles. The van der Waals surface area contributed by atoms with Crippen LogP contribution >= 0.6 is 0 Å². The normalized spacial score (nSPS) is 11.0. The molecule has 0 fully saturated rings. The topological polar surface area (TPSA) is 85.2 Å². The fourth-order valence-electron chi connectivity index (χ4n) is 4.43. The van der Waals surface area contributed by atoms with Crippen LogP contribution in [0, 0.1) is 39.0 Å². The third-order valence-corrected chi connectivity index (χ3v) is 6.17. The van der Waals surface area contributed by atoms with Gasteiger partial charge in [-0.2, -0.15) is 10.4 Å². The zero-order valence-electron chi connectivity index (χ0n) is 20.6. The molecule has 5 aromatic rings. The second-order valence-electron chi connectivity index (χ2n) is 8.92. The van der Waals surface area contributed by atoms with E-state index in [4.69, 9.17) is 20.1 Å². The molecule has 0 aliphatic rings. The van der Waals surface area contributed by atoms with E-state index in [2.05, 4.69) is 32.0 Å². The molecule has 0 atom stereocenters. The van der Waals surface area contributed by atoms with Crippen LogP contribution in [0.1, 0.15) is 33.6 Å². The van der Waals surface area contributed by atoms with Gasteiger partial charge in [-0.3, -0.25) is 9.20 Å². The van der Waals surface area contributed by atoms with Crippen LogP contribution in [-0.4, -0.2) is 19.2 Å². The minimum absolute atomic E-state index is 0.209. The molecule has 3 heterocycles. The van der Waals surface area contributed by atoms with Crippen molar-refractivity contribution < 1.29 is 4.74 Å². The Morgan fingerprint density at radius 2 is 1.83 bits per heavy atom. The lowest BCUT2D eigenvalue weighted by molar-refractivity contribution is 0.308. The average molecular weight is 476 g/mol. The zero-order chi connectivity index (χ0) is 25.4. The van der Waals surface area contributed by atoms with E-state index in [-0.39, 0.29) is 12.2 Å². The Morgan fingerprint density at radius 1 is 1.00 bits per heavy atom. The predicted molar refractivity (Wildman–Crippen MR) is 138 cm³/mol. The van der Waals surface area contributed by atoms with Gasteiger partial charge in [0.25, 0.3) is 5.56 Å². The maximum atomic E-state index is 13.6. The number of benzene rings is 2. The number of nitrogens with zero attached hydrogens (tertiary/aromatic N) is 5. The summed E-state index contributed by atoms with van der Waals surface area (Å²) >= 11 is 0. The first kappa shape index (κ1) is 23.1. The maximum absolute atomic E-state index is 13.6. The first-order valence-corrected chi connectivity index (χ1v) is 11.6. The Hall–Kier alpha value is -4.70. The highest BCUT2D eigenvalue weighted by atomic mass is 16.5. The van der Waals surface area contributed by atoms with Gasteiger partial charge in [-0.25, -0.2) is 9.67 Å². The molecule has 3 aromatic heterocycles. The Labute approximate surface area is 208 Å². The summed E-state index contributed by atoms with van der Waals surface area (Å²) in [5.41, 5.74) is 7.47. The number of hydrogen-bond donors (Lipinski definition) is 0. The van der Waals surface area contributed by atoms with Gasteiger partial charge in [0.1, 0.15) is 12.3 Å². The van der Waals surface area contributed by atoms with Gasteiger partial charge in [-0.05, 0) is 75.2 Å². The standard InChI is InChI=1S/C29H25N5O2/c1-18-10-11-25(19(2)13-18)34-20(3)14-24(32-34)27-21(4)31-28-26(9-6-12-33(28)29(27)35)36-17-23-8-5-7-22(15-23)16-30/h5-15H,17H2,1-4H3. The highest BCUT2D eigenvalue weighted by Crippen LogP contribution is 2.25. The summed E-state index contributed by atoms with van der Waals surface area (Å²) in [6.45, 7) is 8.16. The summed E-state index contributed by atoms with van der Waals surface area (Å²) in [5, 5.41) is 13.9. The van der Waals surface area contributed by atoms with Crippen molar-refractivity contribution >= 4 is 5.65 Å². The van der Waals surface area contributed by atoms with Crippen molar-refractivity contribution in [3.63, 3.8) is 0 Å². The summed E-state index contributed by atoms with van der Waals surface area (Å²) in [6.07, 6.45) is 1.69. The van der Waals surface area contributed by atoms with Crippen LogP contribution < -0.4 is 10.3 Å². The molecule has 0 aliphatic carbocycles. The summed E-state index contributed by atoms with van der Waals surface area (Å²) in [6, 6.07) is 21.0. The van der Waals surface area contributed by atoms with Gasteiger partial charge in [0.2, 0.25) is 0 Å². The van der Waals surface area contributed by atoms with E-state index < -0.39 is 0 Å². The van der Waals surface area contributed by atoms with Gasteiger partial charge in [-0.15, -0.1) is 0 Å². The van der Waals surface area contributed by atoms with E-state index in [9.17, 15) is 4.79 Å². The van der Waals surface area contributed by atoms with E-state index >= 15 is 0 Å². The Kier molecular flexibility index (Phi) is 5.87. The molecule has 7 nitrogen and oxygen atoms in total. The number of fused-ring (bicyclic) bond motifs is 1. The fraction of sp³-hybridized carbons (Fsp3) is 0.172. The highest BCUT2D eigenvalue weighted by molar-refractivity contribution is 5.66. The zero-order valence-corrected chi connectivity index (χ0v) is 20.6.